The molecule has 0 bridgehead atoms. The number of rotatable bonds is 3. The SMILES string of the molecule is O=C(O)c1cccc2cc(O[C@@H]3OC[C@@H](O)[C@H](O)[C@H]3O)ccc12. The Bertz CT molecular complexity index is 729. The number of aliphatic hydroxyl groups is 3. The summed E-state index contributed by atoms with van der Waals surface area (Å²) in [6.07, 6.45) is -5.03. The number of benzene rings is 2. The molecule has 4 atom stereocenters. The van der Waals surface area contributed by atoms with E-state index in [1.165, 1.54) is 6.07 Å². The van der Waals surface area contributed by atoms with Crippen LogP contribution in [0.5, 0.6) is 5.75 Å². The predicted octanol–water partition coefficient (Wildman–Crippen LogP) is 0.356. The topological polar surface area (TPSA) is 116 Å². The maximum Gasteiger partial charge on any atom is 0.336 e. The lowest BCUT2D eigenvalue weighted by Crippen LogP contribution is -2.54. The van der Waals surface area contributed by atoms with Crippen molar-refractivity contribution in [2.45, 2.75) is 24.6 Å². The molecule has 1 aliphatic heterocycles. The van der Waals surface area contributed by atoms with Crippen LogP contribution in [0.4, 0.5) is 0 Å². The van der Waals surface area contributed by atoms with Gasteiger partial charge in [0.1, 0.15) is 24.1 Å². The van der Waals surface area contributed by atoms with Gasteiger partial charge in [0.15, 0.2) is 0 Å². The third-order valence-electron chi connectivity index (χ3n) is 3.79. The third-order valence-corrected chi connectivity index (χ3v) is 3.79. The van der Waals surface area contributed by atoms with Gasteiger partial charge >= 0.3 is 5.97 Å². The van der Waals surface area contributed by atoms with Crippen LogP contribution in [0.25, 0.3) is 10.8 Å². The number of ether oxygens (including phenoxy) is 2. The van der Waals surface area contributed by atoms with Crippen molar-refractivity contribution in [1.29, 1.82) is 0 Å². The van der Waals surface area contributed by atoms with E-state index in [1.807, 2.05) is 0 Å². The van der Waals surface area contributed by atoms with Crippen LogP contribution >= 0.6 is 0 Å². The van der Waals surface area contributed by atoms with Gasteiger partial charge in [0.2, 0.25) is 6.29 Å². The molecule has 1 heterocycles. The number of aromatic carboxylic acids is 1. The molecule has 0 saturated carbocycles. The highest BCUT2D eigenvalue weighted by Crippen LogP contribution is 2.26. The van der Waals surface area contributed by atoms with E-state index in [0.29, 0.717) is 16.5 Å². The van der Waals surface area contributed by atoms with Crippen LogP contribution in [0.2, 0.25) is 0 Å². The van der Waals surface area contributed by atoms with Gasteiger partial charge in [-0.3, -0.25) is 0 Å². The first-order chi connectivity index (χ1) is 11.0. The molecule has 1 fully saturated rings. The van der Waals surface area contributed by atoms with Crippen LogP contribution < -0.4 is 4.74 Å². The molecule has 4 N–H and O–H groups in total. The van der Waals surface area contributed by atoms with Crippen molar-refractivity contribution in [3.8, 4) is 5.75 Å². The van der Waals surface area contributed by atoms with Gasteiger partial charge < -0.3 is 29.9 Å². The zero-order valence-corrected chi connectivity index (χ0v) is 12.0. The van der Waals surface area contributed by atoms with Crippen molar-refractivity contribution < 1.29 is 34.7 Å². The van der Waals surface area contributed by atoms with Gasteiger partial charge in [-0.25, -0.2) is 4.79 Å². The molecular weight excluding hydrogens is 304 g/mol. The monoisotopic (exact) mass is 320 g/mol. The number of carboxylic acid groups (broad SMARTS) is 1. The maximum atomic E-state index is 11.2. The Kier molecular flexibility index (Phi) is 4.18. The van der Waals surface area contributed by atoms with Crippen molar-refractivity contribution in [3.05, 3.63) is 42.0 Å². The minimum Gasteiger partial charge on any atom is -0.478 e. The molecule has 7 nitrogen and oxygen atoms in total. The number of hydrogen-bond donors (Lipinski definition) is 4. The Balaban J connectivity index is 1.86. The smallest absolute Gasteiger partial charge is 0.336 e. The van der Waals surface area contributed by atoms with Gasteiger partial charge in [0.05, 0.1) is 12.2 Å². The molecule has 0 amide bonds. The summed E-state index contributed by atoms with van der Waals surface area (Å²) in [5.41, 5.74) is 0.182. The molecule has 7 heteroatoms. The van der Waals surface area contributed by atoms with Crippen molar-refractivity contribution >= 4 is 16.7 Å². The second kappa shape index (κ2) is 6.13. The molecule has 23 heavy (non-hydrogen) atoms. The normalized spacial score (nSPS) is 27.8. The average Bonchev–Trinajstić information content (AvgIpc) is 2.54. The van der Waals surface area contributed by atoms with E-state index < -0.39 is 30.6 Å². The van der Waals surface area contributed by atoms with Crippen LogP contribution in [-0.4, -0.2) is 57.6 Å². The van der Waals surface area contributed by atoms with E-state index in [1.54, 1.807) is 30.3 Å². The highest BCUT2D eigenvalue weighted by molar-refractivity contribution is 6.03. The fourth-order valence-corrected chi connectivity index (χ4v) is 2.54. The number of carbonyl (C=O) groups is 1. The summed E-state index contributed by atoms with van der Waals surface area (Å²) in [4.78, 5) is 11.2. The van der Waals surface area contributed by atoms with E-state index in [-0.39, 0.29) is 12.2 Å². The van der Waals surface area contributed by atoms with Crippen molar-refractivity contribution in [2.24, 2.45) is 0 Å². The minimum atomic E-state index is -1.39. The Hall–Kier alpha value is -2.19. The molecule has 0 spiro atoms. The van der Waals surface area contributed by atoms with Crippen molar-refractivity contribution in [2.75, 3.05) is 6.61 Å². The maximum absolute atomic E-state index is 11.2. The largest absolute Gasteiger partial charge is 0.478 e. The Morgan fingerprint density at radius 1 is 1.13 bits per heavy atom. The summed E-state index contributed by atoms with van der Waals surface area (Å²) < 4.78 is 10.7. The standard InChI is InChI=1S/C16H16O7/c17-12-7-22-16(14(19)13(12)18)23-9-4-5-10-8(6-9)2-1-3-11(10)15(20)21/h1-6,12-14,16-19H,7H2,(H,20,21)/t12-,13+,14-,16+/m1/s1. The van der Waals surface area contributed by atoms with E-state index in [2.05, 4.69) is 0 Å². The zero-order valence-electron chi connectivity index (χ0n) is 12.0. The third kappa shape index (κ3) is 2.99. The minimum absolute atomic E-state index is 0.153. The van der Waals surface area contributed by atoms with Crippen molar-refractivity contribution in [3.63, 3.8) is 0 Å². The van der Waals surface area contributed by atoms with Crippen LogP contribution in [0.1, 0.15) is 10.4 Å². The molecule has 2 aromatic rings. The highest BCUT2D eigenvalue weighted by Gasteiger charge is 2.39. The van der Waals surface area contributed by atoms with E-state index in [0.717, 1.165) is 0 Å². The van der Waals surface area contributed by atoms with Gasteiger partial charge in [-0.15, -0.1) is 0 Å². The second-order valence-electron chi connectivity index (χ2n) is 5.36. The van der Waals surface area contributed by atoms with E-state index in [4.69, 9.17) is 14.6 Å². The van der Waals surface area contributed by atoms with Crippen LogP contribution in [0, 0.1) is 0 Å². The molecule has 1 saturated heterocycles. The average molecular weight is 320 g/mol. The molecule has 122 valence electrons. The van der Waals surface area contributed by atoms with Gasteiger partial charge in [-0.1, -0.05) is 12.1 Å². The molecular formula is C16H16O7. The van der Waals surface area contributed by atoms with E-state index >= 15 is 0 Å². The van der Waals surface area contributed by atoms with E-state index in [9.17, 15) is 20.1 Å². The number of carboxylic acids is 1. The molecule has 0 radical (unpaired) electrons. The molecule has 0 unspecified atom stereocenters. The number of hydrogen-bond acceptors (Lipinski definition) is 6. The number of fused-ring (bicyclic) bond motifs is 1. The molecule has 0 aromatic heterocycles. The van der Waals surface area contributed by atoms with Crippen LogP contribution in [0.3, 0.4) is 0 Å². The first-order valence-corrected chi connectivity index (χ1v) is 7.06. The molecule has 1 aliphatic rings. The first-order valence-electron chi connectivity index (χ1n) is 7.06. The second-order valence-corrected chi connectivity index (χ2v) is 5.36. The van der Waals surface area contributed by atoms with Gasteiger partial charge in [-0.05, 0) is 35.0 Å². The molecule has 2 aromatic carbocycles. The van der Waals surface area contributed by atoms with Crippen LogP contribution in [0.15, 0.2) is 36.4 Å². The summed E-state index contributed by atoms with van der Waals surface area (Å²) in [7, 11) is 0. The summed E-state index contributed by atoms with van der Waals surface area (Å²) in [5, 5.41) is 39.3. The first kappa shape index (κ1) is 15.7. The summed E-state index contributed by atoms with van der Waals surface area (Å²) in [5.74, 6) is -0.667. The zero-order chi connectivity index (χ0) is 16.6. The lowest BCUT2D eigenvalue weighted by Gasteiger charge is -2.34. The van der Waals surface area contributed by atoms with Gasteiger partial charge in [0, 0.05) is 0 Å². The highest BCUT2D eigenvalue weighted by atomic mass is 16.7. The lowest BCUT2D eigenvalue weighted by atomic mass is 10.0. The lowest BCUT2D eigenvalue weighted by molar-refractivity contribution is -0.242. The quantitative estimate of drug-likeness (QED) is 0.645. The molecule has 3 rings (SSSR count). The Labute approximate surface area is 131 Å². The summed E-state index contributed by atoms with van der Waals surface area (Å²) in [6.45, 7) is -0.153. The van der Waals surface area contributed by atoms with Crippen LogP contribution in [-0.2, 0) is 4.74 Å². The molecule has 0 aliphatic carbocycles. The summed E-state index contributed by atoms with van der Waals surface area (Å²) in [6, 6.07) is 9.66. The van der Waals surface area contributed by atoms with Gasteiger partial charge in [0.25, 0.3) is 0 Å². The van der Waals surface area contributed by atoms with Gasteiger partial charge in [-0.2, -0.15) is 0 Å². The Morgan fingerprint density at radius 2 is 1.91 bits per heavy atom. The summed E-state index contributed by atoms with van der Waals surface area (Å²) >= 11 is 0. The fourth-order valence-electron chi connectivity index (χ4n) is 2.54. The predicted molar refractivity (Wildman–Crippen MR) is 79.3 cm³/mol. The Morgan fingerprint density at radius 3 is 2.65 bits per heavy atom. The number of aliphatic hydroxyl groups excluding tert-OH is 3. The fraction of sp³-hybridized carbons (Fsp3) is 0.312. The van der Waals surface area contributed by atoms with Crippen molar-refractivity contribution in [1.82, 2.24) is 0 Å².